The Morgan fingerprint density at radius 2 is 1.92 bits per heavy atom. The van der Waals surface area contributed by atoms with Crippen LogP contribution in [-0.4, -0.2) is 23.2 Å². The molecule has 3 aromatic rings. The van der Waals surface area contributed by atoms with E-state index < -0.39 is 0 Å². The van der Waals surface area contributed by atoms with Crippen LogP contribution in [0.1, 0.15) is 17.5 Å². The molecule has 0 saturated heterocycles. The van der Waals surface area contributed by atoms with Gasteiger partial charge in [-0.25, -0.2) is 9.97 Å². The molecule has 4 rings (SSSR count). The fraction of sp³-hybridized carbons (Fsp3) is 0.263. The summed E-state index contributed by atoms with van der Waals surface area (Å²) in [6, 6.07) is 12.1. The van der Waals surface area contributed by atoms with Crippen LogP contribution < -0.4 is 14.8 Å². The summed E-state index contributed by atoms with van der Waals surface area (Å²) in [5, 5.41) is 4.48. The van der Waals surface area contributed by atoms with Crippen molar-refractivity contribution in [2.24, 2.45) is 0 Å². The molecule has 1 aromatic heterocycles. The molecule has 1 aliphatic heterocycles. The lowest BCUT2D eigenvalue weighted by Gasteiger charge is -2.14. The molecule has 2 heterocycles. The fourth-order valence-corrected chi connectivity index (χ4v) is 2.99. The molecule has 122 valence electrons. The lowest BCUT2D eigenvalue weighted by Crippen LogP contribution is -2.06. The second kappa shape index (κ2) is 6.35. The van der Waals surface area contributed by atoms with Crippen molar-refractivity contribution >= 4 is 16.7 Å². The van der Waals surface area contributed by atoms with Crippen LogP contribution in [0, 0.1) is 6.92 Å². The standard InChI is InChI=1S/C19H19N3O2/c1-13-5-2-7-15-17(13)19(22-12-21-15)20-11-14-6-3-8-16-18(14)24-10-4-9-23-16/h2-3,5-8,12H,4,9-11H2,1H3,(H,20,21,22). The summed E-state index contributed by atoms with van der Waals surface area (Å²) in [5.74, 6) is 2.48. The third-order valence-corrected chi connectivity index (χ3v) is 4.17. The van der Waals surface area contributed by atoms with Gasteiger partial charge < -0.3 is 14.8 Å². The van der Waals surface area contributed by atoms with E-state index in [1.165, 1.54) is 0 Å². The SMILES string of the molecule is Cc1cccc2ncnc(NCc3cccc4c3OCCCO4)c12. The van der Waals surface area contributed by atoms with Crippen LogP contribution >= 0.6 is 0 Å². The van der Waals surface area contributed by atoms with E-state index in [1.807, 2.05) is 24.3 Å². The van der Waals surface area contributed by atoms with Crippen LogP contribution in [0.3, 0.4) is 0 Å². The van der Waals surface area contributed by atoms with E-state index in [9.17, 15) is 0 Å². The molecule has 0 aliphatic carbocycles. The number of ether oxygens (including phenoxy) is 2. The number of rotatable bonds is 3. The second-order valence-electron chi connectivity index (χ2n) is 5.84. The monoisotopic (exact) mass is 321 g/mol. The average Bonchev–Trinajstić information content (AvgIpc) is 2.86. The van der Waals surface area contributed by atoms with Crippen molar-refractivity contribution in [3.05, 3.63) is 53.9 Å². The second-order valence-corrected chi connectivity index (χ2v) is 5.84. The number of aryl methyl sites for hydroxylation is 1. The van der Waals surface area contributed by atoms with Gasteiger partial charge in [0, 0.05) is 23.9 Å². The first-order valence-corrected chi connectivity index (χ1v) is 8.14. The Morgan fingerprint density at radius 1 is 1.04 bits per heavy atom. The molecule has 5 heteroatoms. The predicted molar refractivity (Wildman–Crippen MR) is 93.7 cm³/mol. The molecule has 24 heavy (non-hydrogen) atoms. The molecule has 0 spiro atoms. The number of nitrogens with zero attached hydrogens (tertiary/aromatic N) is 2. The summed E-state index contributed by atoms with van der Waals surface area (Å²) in [5.41, 5.74) is 3.16. The highest BCUT2D eigenvalue weighted by molar-refractivity contribution is 5.91. The fourth-order valence-electron chi connectivity index (χ4n) is 2.99. The molecule has 2 aromatic carbocycles. The largest absolute Gasteiger partial charge is 0.490 e. The molecule has 0 radical (unpaired) electrons. The van der Waals surface area contributed by atoms with E-state index in [1.54, 1.807) is 6.33 Å². The number of nitrogens with one attached hydrogen (secondary N) is 1. The Labute approximate surface area is 140 Å². The summed E-state index contributed by atoms with van der Waals surface area (Å²) < 4.78 is 11.6. The van der Waals surface area contributed by atoms with Gasteiger partial charge in [0.2, 0.25) is 0 Å². The van der Waals surface area contributed by atoms with E-state index in [-0.39, 0.29) is 0 Å². The zero-order chi connectivity index (χ0) is 16.4. The van der Waals surface area contributed by atoms with Gasteiger partial charge in [-0.15, -0.1) is 0 Å². The van der Waals surface area contributed by atoms with Crippen molar-refractivity contribution in [2.45, 2.75) is 19.9 Å². The van der Waals surface area contributed by atoms with Crippen molar-refractivity contribution in [3.8, 4) is 11.5 Å². The summed E-state index contributed by atoms with van der Waals surface area (Å²) in [6.45, 7) is 4.06. The van der Waals surface area contributed by atoms with Gasteiger partial charge in [0.15, 0.2) is 11.5 Å². The molecule has 1 aliphatic rings. The van der Waals surface area contributed by atoms with E-state index in [4.69, 9.17) is 9.47 Å². The molecule has 5 nitrogen and oxygen atoms in total. The summed E-state index contributed by atoms with van der Waals surface area (Å²) in [4.78, 5) is 8.76. The molecule has 0 amide bonds. The quantitative estimate of drug-likeness (QED) is 0.797. The summed E-state index contributed by atoms with van der Waals surface area (Å²) >= 11 is 0. The highest BCUT2D eigenvalue weighted by Gasteiger charge is 2.15. The summed E-state index contributed by atoms with van der Waals surface area (Å²) in [6.07, 6.45) is 2.49. The first kappa shape index (κ1) is 14.8. The van der Waals surface area contributed by atoms with Gasteiger partial charge in [-0.1, -0.05) is 24.3 Å². The lowest BCUT2D eigenvalue weighted by molar-refractivity contribution is 0.296. The highest BCUT2D eigenvalue weighted by atomic mass is 16.5. The third-order valence-electron chi connectivity index (χ3n) is 4.17. The van der Waals surface area contributed by atoms with Gasteiger partial charge >= 0.3 is 0 Å². The molecule has 0 atom stereocenters. The first-order valence-electron chi connectivity index (χ1n) is 8.14. The molecule has 1 N–H and O–H groups in total. The zero-order valence-corrected chi connectivity index (χ0v) is 13.6. The number of hydrogen-bond acceptors (Lipinski definition) is 5. The Balaban J connectivity index is 1.65. The van der Waals surface area contributed by atoms with Gasteiger partial charge in [-0.3, -0.25) is 0 Å². The minimum atomic E-state index is 0.618. The number of aromatic nitrogens is 2. The van der Waals surface area contributed by atoms with Crippen LogP contribution in [0.4, 0.5) is 5.82 Å². The number of para-hydroxylation sites is 1. The molecule has 0 bridgehead atoms. The third kappa shape index (κ3) is 2.73. The molecule has 0 fully saturated rings. The van der Waals surface area contributed by atoms with Gasteiger partial charge in [-0.05, 0) is 24.6 Å². The van der Waals surface area contributed by atoms with Gasteiger partial charge in [0.1, 0.15) is 12.1 Å². The van der Waals surface area contributed by atoms with Crippen LogP contribution in [0.2, 0.25) is 0 Å². The Hall–Kier alpha value is -2.82. The minimum absolute atomic E-state index is 0.618. The van der Waals surface area contributed by atoms with Crippen molar-refractivity contribution in [2.75, 3.05) is 18.5 Å². The Kier molecular flexibility index (Phi) is 3.91. The molecule has 0 saturated carbocycles. The maximum Gasteiger partial charge on any atom is 0.166 e. The smallest absolute Gasteiger partial charge is 0.166 e. The maximum absolute atomic E-state index is 5.88. The maximum atomic E-state index is 5.88. The van der Waals surface area contributed by atoms with Crippen molar-refractivity contribution in [1.82, 2.24) is 9.97 Å². The van der Waals surface area contributed by atoms with Crippen molar-refractivity contribution in [1.29, 1.82) is 0 Å². The zero-order valence-electron chi connectivity index (χ0n) is 13.6. The van der Waals surface area contributed by atoms with E-state index in [0.29, 0.717) is 19.8 Å². The summed E-state index contributed by atoms with van der Waals surface area (Å²) in [7, 11) is 0. The first-order chi connectivity index (χ1) is 11.8. The topological polar surface area (TPSA) is 56.3 Å². The van der Waals surface area contributed by atoms with E-state index in [2.05, 4.69) is 34.3 Å². The van der Waals surface area contributed by atoms with Gasteiger partial charge in [-0.2, -0.15) is 0 Å². The number of benzene rings is 2. The molecular weight excluding hydrogens is 302 g/mol. The van der Waals surface area contributed by atoms with E-state index >= 15 is 0 Å². The normalized spacial score (nSPS) is 13.5. The number of hydrogen-bond donors (Lipinski definition) is 1. The van der Waals surface area contributed by atoms with E-state index in [0.717, 1.165) is 45.8 Å². The van der Waals surface area contributed by atoms with Crippen LogP contribution in [-0.2, 0) is 6.54 Å². The van der Waals surface area contributed by atoms with Crippen LogP contribution in [0.5, 0.6) is 11.5 Å². The average molecular weight is 321 g/mol. The predicted octanol–water partition coefficient (Wildman–Crippen LogP) is 3.71. The van der Waals surface area contributed by atoms with Crippen LogP contribution in [0.15, 0.2) is 42.7 Å². The Morgan fingerprint density at radius 3 is 2.88 bits per heavy atom. The highest BCUT2D eigenvalue weighted by Crippen LogP contribution is 2.34. The van der Waals surface area contributed by atoms with Gasteiger partial charge in [0.05, 0.1) is 18.7 Å². The van der Waals surface area contributed by atoms with Crippen LogP contribution in [0.25, 0.3) is 10.9 Å². The number of fused-ring (bicyclic) bond motifs is 2. The molecular formula is C19H19N3O2. The lowest BCUT2D eigenvalue weighted by atomic mass is 10.1. The minimum Gasteiger partial charge on any atom is -0.490 e. The number of anilines is 1. The van der Waals surface area contributed by atoms with Gasteiger partial charge in [0.25, 0.3) is 0 Å². The van der Waals surface area contributed by atoms with Crippen molar-refractivity contribution < 1.29 is 9.47 Å². The molecule has 0 unspecified atom stereocenters. The van der Waals surface area contributed by atoms with Crippen molar-refractivity contribution in [3.63, 3.8) is 0 Å². The Bertz CT molecular complexity index is 874.